The average Bonchev–Trinajstić information content (AvgIpc) is 3.33. The Hall–Kier alpha value is -2.90. The molecule has 3 aromatic heterocycles. The molecule has 29 heavy (non-hydrogen) atoms. The maximum atomic E-state index is 5.46. The molecule has 1 atom stereocenters. The van der Waals surface area contributed by atoms with Gasteiger partial charge < -0.3 is 9.64 Å². The Morgan fingerprint density at radius 2 is 1.97 bits per heavy atom. The van der Waals surface area contributed by atoms with Crippen LogP contribution in [-0.2, 0) is 4.74 Å². The van der Waals surface area contributed by atoms with Crippen molar-refractivity contribution in [1.82, 2.24) is 19.9 Å². The summed E-state index contributed by atoms with van der Waals surface area (Å²) in [6.45, 7) is 5.51. The van der Waals surface area contributed by atoms with Gasteiger partial charge >= 0.3 is 0 Å². The zero-order valence-electron chi connectivity index (χ0n) is 16.2. The molecule has 0 bridgehead atoms. The molecule has 5 rings (SSSR count). The maximum Gasteiger partial charge on any atom is 0.116 e. The summed E-state index contributed by atoms with van der Waals surface area (Å²) < 4.78 is 5.46. The molecule has 6 nitrogen and oxygen atoms in total. The molecule has 0 amide bonds. The molecule has 1 fully saturated rings. The third-order valence-electron chi connectivity index (χ3n) is 5.35. The summed E-state index contributed by atoms with van der Waals surface area (Å²) in [4.78, 5) is 20.4. The second-order valence-corrected chi connectivity index (χ2v) is 8.05. The van der Waals surface area contributed by atoms with Crippen LogP contribution >= 0.6 is 11.3 Å². The molecule has 146 valence electrons. The summed E-state index contributed by atoms with van der Waals surface area (Å²) in [6, 6.07) is 8.57. The van der Waals surface area contributed by atoms with E-state index in [9.17, 15) is 0 Å². The van der Waals surface area contributed by atoms with E-state index in [4.69, 9.17) is 4.74 Å². The van der Waals surface area contributed by atoms with Gasteiger partial charge in [0.15, 0.2) is 0 Å². The minimum Gasteiger partial charge on any atom is -0.378 e. The summed E-state index contributed by atoms with van der Waals surface area (Å²) in [7, 11) is 0. The van der Waals surface area contributed by atoms with Crippen LogP contribution in [0.1, 0.15) is 23.4 Å². The van der Waals surface area contributed by atoms with Gasteiger partial charge in [-0.2, -0.15) is 0 Å². The minimum atomic E-state index is 0.198. The molecule has 0 radical (unpaired) electrons. The van der Waals surface area contributed by atoms with E-state index in [0.29, 0.717) is 0 Å². The van der Waals surface area contributed by atoms with Crippen LogP contribution in [0, 0.1) is 0 Å². The van der Waals surface area contributed by atoms with E-state index in [-0.39, 0.29) is 5.92 Å². The highest BCUT2D eigenvalue weighted by Crippen LogP contribution is 2.31. The zero-order chi connectivity index (χ0) is 19.6. The lowest BCUT2D eigenvalue weighted by atomic mass is 10.00. The summed E-state index contributed by atoms with van der Waals surface area (Å²) in [5.41, 5.74) is 5.16. The summed E-state index contributed by atoms with van der Waals surface area (Å²) in [5, 5.41) is 4.13. The number of benzene rings is 1. The predicted octanol–water partition coefficient (Wildman–Crippen LogP) is 4.14. The second-order valence-electron chi connectivity index (χ2n) is 7.12. The van der Waals surface area contributed by atoms with Crippen LogP contribution in [0.5, 0.6) is 0 Å². The average molecular weight is 404 g/mol. The number of pyridine rings is 1. The van der Waals surface area contributed by atoms with Gasteiger partial charge in [-0.3, -0.25) is 4.98 Å². The number of thiazole rings is 1. The SMILES string of the molecule is CC(c1cncc(-c2ncnc3cc(N4CCOCC4)ccc23)c1)c1nccs1. The molecule has 1 aliphatic rings. The van der Waals surface area contributed by atoms with Crippen LogP contribution in [0.3, 0.4) is 0 Å². The standard InChI is InChI=1S/C22H21N5OS/c1-15(22-24-4-9-29-22)16-10-17(13-23-12-16)21-19-3-2-18(11-20(19)25-14-26-21)27-5-7-28-8-6-27/h2-4,9-15H,5-8H2,1H3. The van der Waals surface area contributed by atoms with Gasteiger partial charge in [-0.05, 0) is 29.8 Å². The van der Waals surface area contributed by atoms with E-state index in [1.54, 1.807) is 17.7 Å². The molecule has 1 aliphatic heterocycles. The number of hydrogen-bond acceptors (Lipinski definition) is 7. The fourth-order valence-corrected chi connectivity index (χ4v) is 4.43. The van der Waals surface area contributed by atoms with Gasteiger partial charge in [0.05, 0.1) is 29.4 Å². The predicted molar refractivity (Wildman–Crippen MR) is 115 cm³/mol. The van der Waals surface area contributed by atoms with Crippen molar-refractivity contribution in [3.63, 3.8) is 0 Å². The van der Waals surface area contributed by atoms with Crippen molar-refractivity contribution in [2.24, 2.45) is 0 Å². The first-order chi connectivity index (χ1) is 14.3. The van der Waals surface area contributed by atoms with Crippen molar-refractivity contribution in [2.75, 3.05) is 31.2 Å². The molecule has 4 heterocycles. The number of nitrogens with zero attached hydrogens (tertiary/aromatic N) is 5. The number of aromatic nitrogens is 4. The zero-order valence-corrected chi connectivity index (χ0v) is 17.0. The fourth-order valence-electron chi connectivity index (χ4n) is 3.71. The molecule has 0 aliphatic carbocycles. The maximum absolute atomic E-state index is 5.46. The molecule has 4 aromatic rings. The number of fused-ring (bicyclic) bond motifs is 1. The first-order valence-corrected chi connectivity index (χ1v) is 10.6. The third-order valence-corrected chi connectivity index (χ3v) is 6.31. The van der Waals surface area contributed by atoms with Crippen molar-refractivity contribution in [3.05, 3.63) is 65.1 Å². The summed E-state index contributed by atoms with van der Waals surface area (Å²) in [5.74, 6) is 0.198. The Morgan fingerprint density at radius 3 is 2.79 bits per heavy atom. The molecular weight excluding hydrogens is 382 g/mol. The Balaban J connectivity index is 1.52. The Morgan fingerprint density at radius 1 is 1.07 bits per heavy atom. The molecule has 1 aromatic carbocycles. The Labute approximate surface area is 173 Å². The van der Waals surface area contributed by atoms with Gasteiger partial charge in [-0.25, -0.2) is 15.0 Å². The van der Waals surface area contributed by atoms with E-state index in [1.807, 2.05) is 24.0 Å². The molecule has 0 N–H and O–H groups in total. The molecule has 1 unspecified atom stereocenters. The van der Waals surface area contributed by atoms with Gasteiger partial charge in [0.2, 0.25) is 0 Å². The largest absolute Gasteiger partial charge is 0.378 e. The van der Waals surface area contributed by atoms with Gasteiger partial charge in [-0.15, -0.1) is 11.3 Å². The van der Waals surface area contributed by atoms with Crippen LogP contribution in [-0.4, -0.2) is 46.2 Å². The third kappa shape index (κ3) is 3.59. The van der Waals surface area contributed by atoms with Crippen molar-refractivity contribution in [2.45, 2.75) is 12.8 Å². The van der Waals surface area contributed by atoms with Gasteiger partial charge in [0.25, 0.3) is 0 Å². The highest BCUT2D eigenvalue weighted by atomic mass is 32.1. The van der Waals surface area contributed by atoms with Gasteiger partial charge in [0.1, 0.15) is 6.33 Å². The van der Waals surface area contributed by atoms with Crippen molar-refractivity contribution in [1.29, 1.82) is 0 Å². The lowest BCUT2D eigenvalue weighted by Crippen LogP contribution is -2.36. The number of hydrogen-bond donors (Lipinski definition) is 0. The number of ether oxygens (including phenoxy) is 1. The lowest BCUT2D eigenvalue weighted by molar-refractivity contribution is 0.122. The Bertz CT molecular complexity index is 1130. The van der Waals surface area contributed by atoms with Gasteiger partial charge in [-0.1, -0.05) is 6.92 Å². The quantitative estimate of drug-likeness (QED) is 0.510. The van der Waals surface area contributed by atoms with Crippen LogP contribution in [0.15, 0.2) is 54.6 Å². The highest BCUT2D eigenvalue weighted by Gasteiger charge is 2.16. The monoisotopic (exact) mass is 403 g/mol. The number of morpholine rings is 1. The van der Waals surface area contributed by atoms with Crippen LogP contribution in [0.25, 0.3) is 22.2 Å². The first-order valence-electron chi connectivity index (χ1n) is 9.72. The summed E-state index contributed by atoms with van der Waals surface area (Å²) >= 11 is 1.67. The van der Waals surface area contributed by atoms with E-state index in [1.165, 1.54) is 5.69 Å². The van der Waals surface area contributed by atoms with Crippen molar-refractivity contribution >= 4 is 27.9 Å². The fraction of sp³-hybridized carbons (Fsp3) is 0.273. The van der Waals surface area contributed by atoms with Crippen molar-refractivity contribution in [3.8, 4) is 11.3 Å². The van der Waals surface area contributed by atoms with E-state index in [0.717, 1.165) is 59.0 Å². The lowest BCUT2D eigenvalue weighted by Gasteiger charge is -2.29. The number of anilines is 1. The molecule has 7 heteroatoms. The molecular formula is C22H21N5OS. The molecule has 0 spiro atoms. The van der Waals surface area contributed by atoms with E-state index in [2.05, 4.69) is 56.0 Å². The second kappa shape index (κ2) is 7.85. The normalized spacial score (nSPS) is 15.6. The topological polar surface area (TPSA) is 64.0 Å². The van der Waals surface area contributed by atoms with Gasteiger partial charge in [0, 0.05) is 59.6 Å². The molecule has 0 saturated carbocycles. The van der Waals surface area contributed by atoms with Crippen LogP contribution in [0.2, 0.25) is 0 Å². The number of rotatable bonds is 4. The minimum absolute atomic E-state index is 0.198. The Kier molecular flexibility index (Phi) is 4.91. The smallest absolute Gasteiger partial charge is 0.116 e. The van der Waals surface area contributed by atoms with Crippen LogP contribution < -0.4 is 4.90 Å². The summed E-state index contributed by atoms with van der Waals surface area (Å²) in [6.07, 6.45) is 7.26. The van der Waals surface area contributed by atoms with E-state index < -0.39 is 0 Å². The van der Waals surface area contributed by atoms with Crippen molar-refractivity contribution < 1.29 is 4.74 Å². The molecule has 1 saturated heterocycles. The van der Waals surface area contributed by atoms with E-state index >= 15 is 0 Å². The van der Waals surface area contributed by atoms with Crippen LogP contribution in [0.4, 0.5) is 5.69 Å². The highest BCUT2D eigenvalue weighted by molar-refractivity contribution is 7.09. The first kappa shape index (κ1) is 18.1.